The smallest absolute Gasteiger partial charge is 0.256 e. The van der Waals surface area contributed by atoms with Crippen LogP contribution in [0.2, 0.25) is 0 Å². The van der Waals surface area contributed by atoms with Gasteiger partial charge in [-0.3, -0.25) is 4.79 Å². The van der Waals surface area contributed by atoms with E-state index in [-0.39, 0.29) is 10.8 Å². The van der Waals surface area contributed by atoms with Crippen molar-refractivity contribution >= 4 is 21.6 Å². The highest BCUT2D eigenvalue weighted by atomic mass is 32.2. The fraction of sp³-hybridized carbons (Fsp3) is 0.667. The highest BCUT2D eigenvalue weighted by Gasteiger charge is 2.47. The molecule has 0 unspecified atom stereocenters. The Labute approximate surface area is 168 Å². The number of carbonyl (C=O) groups excluding carboxylic acids is 1. The van der Waals surface area contributed by atoms with Crippen LogP contribution in [0.25, 0.3) is 0 Å². The van der Waals surface area contributed by atoms with Gasteiger partial charge in [0.15, 0.2) is 0 Å². The van der Waals surface area contributed by atoms with Crippen molar-refractivity contribution in [2.45, 2.75) is 49.8 Å². The van der Waals surface area contributed by atoms with Gasteiger partial charge >= 0.3 is 0 Å². The fourth-order valence-corrected chi connectivity index (χ4v) is 5.92. The molecule has 1 amide bonds. The summed E-state index contributed by atoms with van der Waals surface area (Å²) in [6.45, 7) is 3.47. The van der Waals surface area contributed by atoms with Gasteiger partial charge in [0.05, 0.1) is 10.5 Å². The second-order valence-corrected chi connectivity index (χ2v) is 11.0. The summed E-state index contributed by atoms with van der Waals surface area (Å²) in [7, 11) is -0.528. The van der Waals surface area contributed by atoms with E-state index in [9.17, 15) is 13.2 Å². The van der Waals surface area contributed by atoms with Crippen LogP contribution in [0.4, 0.5) is 5.69 Å². The third-order valence-electron chi connectivity index (χ3n) is 6.68. The number of likely N-dealkylation sites (tertiary alicyclic amines) is 1. The number of benzene rings is 1. The molecule has 1 spiro atoms. The number of hydrogen-bond acceptors (Lipinski definition) is 4. The van der Waals surface area contributed by atoms with Crippen molar-refractivity contribution in [1.82, 2.24) is 9.21 Å². The highest BCUT2D eigenvalue weighted by Crippen LogP contribution is 2.46. The molecule has 0 bridgehead atoms. The van der Waals surface area contributed by atoms with E-state index in [2.05, 4.69) is 4.90 Å². The van der Waals surface area contributed by atoms with Crippen LogP contribution in [-0.4, -0.2) is 63.8 Å². The van der Waals surface area contributed by atoms with Crippen molar-refractivity contribution in [1.29, 1.82) is 0 Å². The van der Waals surface area contributed by atoms with Crippen molar-refractivity contribution in [3.8, 4) is 0 Å². The van der Waals surface area contributed by atoms with Crippen LogP contribution in [0.15, 0.2) is 23.1 Å². The molecule has 3 fully saturated rings. The second-order valence-electron chi connectivity index (χ2n) is 8.88. The summed E-state index contributed by atoms with van der Waals surface area (Å²) >= 11 is 0. The lowest BCUT2D eigenvalue weighted by molar-refractivity contribution is 0.00935. The molecule has 0 radical (unpaired) electrons. The van der Waals surface area contributed by atoms with E-state index in [1.165, 1.54) is 50.5 Å². The summed E-state index contributed by atoms with van der Waals surface area (Å²) in [5.74, 6) is -0.0195. The Morgan fingerprint density at radius 2 is 1.64 bits per heavy atom. The van der Waals surface area contributed by atoms with Gasteiger partial charge in [0.25, 0.3) is 5.91 Å². The first kappa shape index (κ1) is 19.7. The Balaban J connectivity index is 1.66. The largest absolute Gasteiger partial charge is 0.371 e. The summed E-state index contributed by atoms with van der Waals surface area (Å²) in [4.78, 5) is 17.7. The summed E-state index contributed by atoms with van der Waals surface area (Å²) in [5.41, 5.74) is 1.75. The number of hydrogen-bond donors (Lipinski definition) is 0. The molecule has 1 aliphatic carbocycles. The predicted molar refractivity (Wildman–Crippen MR) is 110 cm³/mol. The van der Waals surface area contributed by atoms with E-state index in [1.807, 2.05) is 11.0 Å². The van der Waals surface area contributed by atoms with Gasteiger partial charge in [0, 0.05) is 51.4 Å². The zero-order valence-corrected chi connectivity index (χ0v) is 17.8. The van der Waals surface area contributed by atoms with Gasteiger partial charge in [-0.2, -0.15) is 0 Å². The summed E-state index contributed by atoms with van der Waals surface area (Å²) < 4.78 is 26.5. The third kappa shape index (κ3) is 3.43. The van der Waals surface area contributed by atoms with Gasteiger partial charge in [-0.25, -0.2) is 12.7 Å². The zero-order valence-electron chi connectivity index (χ0n) is 17.0. The summed E-state index contributed by atoms with van der Waals surface area (Å²) in [6.07, 6.45) is 8.38. The van der Waals surface area contributed by atoms with Crippen molar-refractivity contribution in [2.24, 2.45) is 5.41 Å². The quantitative estimate of drug-likeness (QED) is 0.773. The van der Waals surface area contributed by atoms with E-state index >= 15 is 0 Å². The van der Waals surface area contributed by atoms with E-state index < -0.39 is 10.0 Å². The number of rotatable bonds is 4. The molecule has 2 saturated heterocycles. The maximum absolute atomic E-state index is 13.4. The molecule has 1 aromatic carbocycles. The molecule has 2 heterocycles. The van der Waals surface area contributed by atoms with Crippen molar-refractivity contribution in [3.05, 3.63) is 23.8 Å². The van der Waals surface area contributed by atoms with Crippen molar-refractivity contribution in [2.75, 3.05) is 45.2 Å². The zero-order chi connectivity index (χ0) is 19.9. The molecule has 6 nitrogen and oxygen atoms in total. The van der Waals surface area contributed by atoms with Crippen LogP contribution in [0.3, 0.4) is 0 Å². The van der Waals surface area contributed by atoms with Crippen LogP contribution in [0, 0.1) is 5.41 Å². The summed E-state index contributed by atoms with van der Waals surface area (Å²) in [6, 6.07) is 5.08. The molecule has 3 aliphatic rings. The van der Waals surface area contributed by atoms with Gasteiger partial charge in [-0.05, 0) is 50.3 Å². The molecule has 1 aromatic rings. The lowest BCUT2D eigenvalue weighted by atomic mass is 9.78. The van der Waals surface area contributed by atoms with Crippen LogP contribution in [0.1, 0.15) is 55.3 Å². The average Bonchev–Trinajstić information content (AvgIpc) is 3.16. The van der Waals surface area contributed by atoms with Gasteiger partial charge in [-0.15, -0.1) is 0 Å². The second kappa shape index (κ2) is 7.34. The van der Waals surface area contributed by atoms with Crippen molar-refractivity contribution in [3.63, 3.8) is 0 Å². The monoisotopic (exact) mass is 405 g/mol. The Morgan fingerprint density at radius 1 is 1.00 bits per heavy atom. The number of amides is 1. The molecular weight excluding hydrogens is 374 g/mol. The molecule has 2 aliphatic heterocycles. The number of anilines is 1. The van der Waals surface area contributed by atoms with Crippen LogP contribution >= 0.6 is 0 Å². The maximum Gasteiger partial charge on any atom is 0.256 e. The van der Waals surface area contributed by atoms with Crippen LogP contribution in [0.5, 0.6) is 0 Å². The molecule has 28 heavy (non-hydrogen) atoms. The lowest BCUT2D eigenvalue weighted by Crippen LogP contribution is -2.57. The van der Waals surface area contributed by atoms with Crippen LogP contribution < -0.4 is 4.90 Å². The van der Waals surface area contributed by atoms with Crippen LogP contribution in [-0.2, 0) is 10.0 Å². The Morgan fingerprint density at radius 3 is 2.25 bits per heavy atom. The number of sulfonamides is 1. The Bertz CT molecular complexity index is 846. The van der Waals surface area contributed by atoms with Crippen molar-refractivity contribution < 1.29 is 13.2 Å². The molecular formula is C21H31N3O3S. The van der Waals surface area contributed by atoms with E-state index in [1.54, 1.807) is 12.1 Å². The Kier molecular flexibility index (Phi) is 5.16. The minimum absolute atomic E-state index is 0.0195. The number of piperidine rings is 1. The van der Waals surface area contributed by atoms with E-state index in [4.69, 9.17) is 0 Å². The normalized spacial score (nSPS) is 22.0. The lowest BCUT2D eigenvalue weighted by Gasteiger charge is -2.48. The SMILES string of the molecule is CN(C)S(=O)(=O)c1ccc(N2CCCCC2)c(C(=O)N2CC3(CCCC3)C2)c1. The minimum Gasteiger partial charge on any atom is -0.371 e. The van der Waals surface area contributed by atoms with Gasteiger partial charge in [-0.1, -0.05) is 12.8 Å². The van der Waals surface area contributed by atoms with E-state index in [0.29, 0.717) is 11.0 Å². The molecule has 7 heteroatoms. The maximum atomic E-state index is 13.4. The Hall–Kier alpha value is -1.60. The van der Waals surface area contributed by atoms with Gasteiger partial charge in [0.2, 0.25) is 10.0 Å². The van der Waals surface area contributed by atoms with Gasteiger partial charge < -0.3 is 9.80 Å². The standard InChI is InChI=1S/C21H31N3O3S/c1-22(2)28(26,27)17-8-9-19(23-12-6-3-7-13-23)18(14-17)20(25)24-15-21(16-24)10-4-5-11-21/h8-9,14H,3-7,10-13,15-16H2,1-2H3. The number of nitrogens with zero attached hydrogens (tertiary/aromatic N) is 3. The molecule has 4 rings (SSSR count). The highest BCUT2D eigenvalue weighted by molar-refractivity contribution is 7.89. The predicted octanol–water partition coefficient (Wildman–Crippen LogP) is 2.94. The van der Waals surface area contributed by atoms with E-state index in [0.717, 1.165) is 44.7 Å². The van der Waals surface area contributed by atoms with Gasteiger partial charge in [0.1, 0.15) is 0 Å². The third-order valence-corrected chi connectivity index (χ3v) is 8.49. The average molecular weight is 406 g/mol. The number of carbonyl (C=O) groups is 1. The molecule has 0 N–H and O–H groups in total. The summed E-state index contributed by atoms with van der Waals surface area (Å²) in [5, 5.41) is 0. The molecule has 0 aromatic heterocycles. The topological polar surface area (TPSA) is 60.9 Å². The fourth-order valence-electron chi connectivity index (χ4n) is 4.99. The first-order valence-electron chi connectivity index (χ1n) is 10.4. The molecule has 1 saturated carbocycles. The first-order valence-corrected chi connectivity index (χ1v) is 11.9. The molecule has 0 atom stereocenters. The first-order chi connectivity index (χ1) is 13.3. The molecule has 154 valence electrons. The minimum atomic E-state index is -3.57.